The Kier molecular flexibility index (Phi) is 4.30. The lowest BCUT2D eigenvalue weighted by molar-refractivity contribution is -0.120. The summed E-state index contributed by atoms with van der Waals surface area (Å²) in [7, 11) is 0. The molecule has 18 heavy (non-hydrogen) atoms. The smallest absolute Gasteiger partial charge is 0.229 e. The van der Waals surface area contributed by atoms with Gasteiger partial charge in [0.25, 0.3) is 0 Å². The zero-order valence-corrected chi connectivity index (χ0v) is 11.2. The van der Waals surface area contributed by atoms with E-state index in [-0.39, 0.29) is 11.8 Å². The molecule has 2 rings (SSSR count). The van der Waals surface area contributed by atoms with Gasteiger partial charge >= 0.3 is 0 Å². The van der Waals surface area contributed by atoms with Crippen molar-refractivity contribution in [2.24, 2.45) is 11.1 Å². The van der Waals surface area contributed by atoms with Crippen LogP contribution in [0.4, 0.5) is 5.13 Å². The molecule has 2 N–H and O–H groups in total. The van der Waals surface area contributed by atoms with Crippen molar-refractivity contribution in [1.29, 1.82) is 0 Å². The molecular weight excluding hydrogens is 250 g/mol. The standard InChI is InChI=1S/C12H17N3O2S/c1-8(15-17)10-7-18-12(13-10)14-11(16)9-5-3-2-4-6-9/h7,9,17H,2-6H2,1H3,(H,13,14,16). The average Bonchev–Trinajstić information content (AvgIpc) is 2.87. The predicted octanol–water partition coefficient (Wildman–Crippen LogP) is 2.86. The lowest BCUT2D eigenvalue weighted by Gasteiger charge is -2.19. The van der Waals surface area contributed by atoms with Crippen LogP contribution < -0.4 is 5.32 Å². The summed E-state index contributed by atoms with van der Waals surface area (Å²) in [5.74, 6) is 0.188. The molecule has 0 spiro atoms. The lowest BCUT2D eigenvalue weighted by Crippen LogP contribution is -2.24. The summed E-state index contributed by atoms with van der Waals surface area (Å²) in [5, 5.41) is 16.9. The second-order valence-electron chi connectivity index (χ2n) is 4.55. The van der Waals surface area contributed by atoms with E-state index in [9.17, 15) is 4.79 Å². The summed E-state index contributed by atoms with van der Waals surface area (Å²) in [5.41, 5.74) is 1.05. The first-order valence-electron chi connectivity index (χ1n) is 6.16. The number of carbonyl (C=O) groups is 1. The SMILES string of the molecule is CC(=NO)c1csc(NC(=O)C2CCCCC2)n1. The van der Waals surface area contributed by atoms with E-state index >= 15 is 0 Å². The van der Waals surface area contributed by atoms with Gasteiger partial charge in [0.05, 0.1) is 0 Å². The van der Waals surface area contributed by atoms with Crippen molar-refractivity contribution in [3.8, 4) is 0 Å². The van der Waals surface area contributed by atoms with Crippen LogP contribution in [0.25, 0.3) is 0 Å². The van der Waals surface area contributed by atoms with Crippen molar-refractivity contribution in [3.63, 3.8) is 0 Å². The Labute approximate surface area is 110 Å². The second-order valence-corrected chi connectivity index (χ2v) is 5.41. The Morgan fingerprint density at radius 1 is 1.50 bits per heavy atom. The molecule has 0 saturated heterocycles. The average molecular weight is 267 g/mol. The van der Waals surface area contributed by atoms with E-state index < -0.39 is 0 Å². The van der Waals surface area contributed by atoms with Gasteiger partial charge in [-0.15, -0.1) is 11.3 Å². The number of aromatic nitrogens is 1. The highest BCUT2D eigenvalue weighted by atomic mass is 32.1. The van der Waals surface area contributed by atoms with Crippen LogP contribution in [-0.4, -0.2) is 21.8 Å². The summed E-state index contributed by atoms with van der Waals surface area (Å²) in [4.78, 5) is 16.2. The third-order valence-corrected chi connectivity index (χ3v) is 3.99. The van der Waals surface area contributed by atoms with Gasteiger partial charge in [0.15, 0.2) is 5.13 Å². The van der Waals surface area contributed by atoms with Crippen LogP contribution in [0, 0.1) is 5.92 Å². The van der Waals surface area contributed by atoms with Crippen LogP contribution >= 0.6 is 11.3 Å². The third kappa shape index (κ3) is 3.07. The molecule has 1 aromatic heterocycles. The quantitative estimate of drug-likeness (QED) is 0.502. The molecule has 1 saturated carbocycles. The Morgan fingerprint density at radius 2 is 2.22 bits per heavy atom. The highest BCUT2D eigenvalue weighted by Crippen LogP contribution is 2.25. The number of nitrogens with zero attached hydrogens (tertiary/aromatic N) is 2. The monoisotopic (exact) mass is 267 g/mol. The van der Waals surface area contributed by atoms with Gasteiger partial charge in [-0.2, -0.15) is 0 Å². The summed E-state index contributed by atoms with van der Waals surface area (Å²) in [6, 6.07) is 0. The highest BCUT2D eigenvalue weighted by molar-refractivity contribution is 7.14. The van der Waals surface area contributed by atoms with E-state index in [4.69, 9.17) is 5.21 Å². The molecule has 0 unspecified atom stereocenters. The van der Waals surface area contributed by atoms with Crippen LogP contribution in [0.5, 0.6) is 0 Å². The Balaban J connectivity index is 1.96. The molecule has 0 bridgehead atoms. The van der Waals surface area contributed by atoms with Gasteiger partial charge in [-0.05, 0) is 19.8 Å². The van der Waals surface area contributed by atoms with Crippen molar-refractivity contribution in [3.05, 3.63) is 11.1 Å². The van der Waals surface area contributed by atoms with E-state index in [0.29, 0.717) is 16.5 Å². The van der Waals surface area contributed by atoms with E-state index in [1.807, 2.05) is 0 Å². The molecule has 0 aromatic carbocycles. The minimum absolute atomic E-state index is 0.0641. The number of nitrogens with one attached hydrogen (secondary N) is 1. The Hall–Kier alpha value is -1.43. The summed E-state index contributed by atoms with van der Waals surface area (Å²) < 4.78 is 0. The largest absolute Gasteiger partial charge is 0.411 e. The Bertz CT molecular complexity index is 450. The van der Waals surface area contributed by atoms with Gasteiger partial charge < -0.3 is 10.5 Å². The molecule has 1 aromatic rings. The molecule has 0 radical (unpaired) electrons. The maximum atomic E-state index is 12.0. The number of thiazole rings is 1. The zero-order valence-electron chi connectivity index (χ0n) is 10.3. The van der Waals surface area contributed by atoms with Gasteiger partial charge in [-0.1, -0.05) is 24.4 Å². The number of hydrogen-bond donors (Lipinski definition) is 2. The molecule has 1 amide bonds. The zero-order chi connectivity index (χ0) is 13.0. The number of amides is 1. The fourth-order valence-corrected chi connectivity index (χ4v) is 2.88. The number of rotatable bonds is 3. The maximum absolute atomic E-state index is 12.0. The molecule has 0 atom stereocenters. The topological polar surface area (TPSA) is 74.6 Å². The second kappa shape index (κ2) is 5.95. The van der Waals surface area contributed by atoms with Crippen LogP contribution in [0.15, 0.2) is 10.5 Å². The van der Waals surface area contributed by atoms with E-state index in [1.54, 1.807) is 12.3 Å². The van der Waals surface area contributed by atoms with Crippen LogP contribution in [-0.2, 0) is 4.79 Å². The van der Waals surface area contributed by atoms with Gasteiger partial charge in [-0.25, -0.2) is 4.98 Å². The minimum Gasteiger partial charge on any atom is -0.411 e. The first-order chi connectivity index (χ1) is 8.70. The van der Waals surface area contributed by atoms with E-state index in [0.717, 1.165) is 25.7 Å². The van der Waals surface area contributed by atoms with Gasteiger partial charge in [0.1, 0.15) is 11.4 Å². The molecule has 6 heteroatoms. The van der Waals surface area contributed by atoms with Crippen molar-refractivity contribution < 1.29 is 10.0 Å². The van der Waals surface area contributed by atoms with Gasteiger partial charge in [0.2, 0.25) is 5.91 Å². The van der Waals surface area contributed by atoms with Gasteiger partial charge in [-0.3, -0.25) is 4.79 Å². The molecule has 0 aliphatic heterocycles. The maximum Gasteiger partial charge on any atom is 0.229 e. The number of carbonyl (C=O) groups excluding carboxylic acids is 1. The molecular formula is C12H17N3O2S. The minimum atomic E-state index is 0.0641. The van der Waals surface area contributed by atoms with Crippen molar-refractivity contribution in [1.82, 2.24) is 4.98 Å². The number of oxime groups is 1. The fraction of sp³-hybridized carbons (Fsp3) is 0.583. The van der Waals surface area contributed by atoms with Crippen LogP contribution in [0.3, 0.4) is 0 Å². The van der Waals surface area contributed by atoms with E-state index in [1.165, 1.54) is 17.8 Å². The van der Waals surface area contributed by atoms with Crippen molar-refractivity contribution in [2.45, 2.75) is 39.0 Å². The Morgan fingerprint density at radius 3 is 2.89 bits per heavy atom. The summed E-state index contributed by atoms with van der Waals surface area (Å²) in [6.07, 6.45) is 5.45. The van der Waals surface area contributed by atoms with Crippen molar-refractivity contribution in [2.75, 3.05) is 5.32 Å². The normalized spacial score (nSPS) is 17.7. The molecule has 1 heterocycles. The molecule has 5 nitrogen and oxygen atoms in total. The van der Waals surface area contributed by atoms with Crippen LogP contribution in [0.1, 0.15) is 44.7 Å². The summed E-state index contributed by atoms with van der Waals surface area (Å²) >= 11 is 1.35. The van der Waals surface area contributed by atoms with Crippen molar-refractivity contribution >= 4 is 28.1 Å². The van der Waals surface area contributed by atoms with E-state index in [2.05, 4.69) is 15.5 Å². The van der Waals surface area contributed by atoms with Gasteiger partial charge in [0, 0.05) is 11.3 Å². The predicted molar refractivity (Wildman–Crippen MR) is 71.3 cm³/mol. The first kappa shape index (κ1) is 13.0. The molecule has 1 aliphatic rings. The number of anilines is 1. The molecule has 1 fully saturated rings. The third-order valence-electron chi connectivity index (χ3n) is 3.23. The summed E-state index contributed by atoms with van der Waals surface area (Å²) in [6.45, 7) is 1.67. The van der Waals surface area contributed by atoms with Crippen LogP contribution in [0.2, 0.25) is 0 Å². The lowest BCUT2D eigenvalue weighted by atomic mass is 9.89. The first-order valence-corrected chi connectivity index (χ1v) is 7.04. The molecule has 1 aliphatic carbocycles. The highest BCUT2D eigenvalue weighted by Gasteiger charge is 2.21. The fourth-order valence-electron chi connectivity index (χ4n) is 2.12. The number of hydrogen-bond acceptors (Lipinski definition) is 5. The molecule has 98 valence electrons.